The standard InChI is InChI=1S/C19H21Cl2N5O2/c1-19(2,22)18(27)23-14(9-11-4-6-15(28-3)13(21)8-11)17-25-24-16-7-5-12(20)10-26(16)17/h4-8,10,14H,9,22H2,1-3H3,(H,23,27)/t14-/m1/s1. The van der Waals surface area contributed by atoms with Gasteiger partial charge in [-0.15, -0.1) is 10.2 Å². The van der Waals surface area contributed by atoms with Gasteiger partial charge in [0.25, 0.3) is 0 Å². The second-order valence-electron chi connectivity index (χ2n) is 7.05. The second kappa shape index (κ2) is 7.95. The summed E-state index contributed by atoms with van der Waals surface area (Å²) in [5, 5.41) is 12.4. The Morgan fingerprint density at radius 1 is 1.29 bits per heavy atom. The van der Waals surface area contributed by atoms with Gasteiger partial charge < -0.3 is 15.8 Å². The van der Waals surface area contributed by atoms with Crippen LogP contribution >= 0.6 is 23.2 Å². The summed E-state index contributed by atoms with van der Waals surface area (Å²) in [4.78, 5) is 12.6. The van der Waals surface area contributed by atoms with E-state index in [2.05, 4.69) is 15.5 Å². The Morgan fingerprint density at radius 3 is 2.68 bits per heavy atom. The normalized spacial score (nSPS) is 12.8. The minimum absolute atomic E-state index is 0.309. The van der Waals surface area contributed by atoms with E-state index >= 15 is 0 Å². The lowest BCUT2D eigenvalue weighted by Gasteiger charge is -2.23. The Bertz CT molecular complexity index is 1010. The molecule has 1 aromatic carbocycles. The number of benzene rings is 1. The molecule has 9 heteroatoms. The molecule has 2 heterocycles. The van der Waals surface area contributed by atoms with Gasteiger partial charge in [0.1, 0.15) is 5.75 Å². The molecular weight excluding hydrogens is 401 g/mol. The molecule has 148 valence electrons. The van der Waals surface area contributed by atoms with Gasteiger partial charge >= 0.3 is 0 Å². The molecule has 0 bridgehead atoms. The number of nitrogens with zero attached hydrogens (tertiary/aromatic N) is 3. The summed E-state index contributed by atoms with van der Waals surface area (Å²) < 4.78 is 6.95. The summed E-state index contributed by atoms with van der Waals surface area (Å²) in [6.07, 6.45) is 2.14. The molecule has 0 saturated heterocycles. The number of carbonyl (C=O) groups excluding carboxylic acids is 1. The molecule has 3 N–H and O–H groups in total. The van der Waals surface area contributed by atoms with Crippen LogP contribution in [0.5, 0.6) is 5.75 Å². The average molecular weight is 422 g/mol. The lowest BCUT2D eigenvalue weighted by molar-refractivity contribution is -0.126. The molecule has 7 nitrogen and oxygen atoms in total. The minimum atomic E-state index is -1.05. The number of aromatic nitrogens is 3. The summed E-state index contributed by atoms with van der Waals surface area (Å²) >= 11 is 12.4. The van der Waals surface area contributed by atoms with Gasteiger partial charge in [0.15, 0.2) is 11.5 Å². The number of pyridine rings is 1. The first kappa shape index (κ1) is 20.4. The molecule has 1 amide bonds. The van der Waals surface area contributed by atoms with Crippen molar-refractivity contribution in [2.24, 2.45) is 5.73 Å². The topological polar surface area (TPSA) is 94.5 Å². The van der Waals surface area contributed by atoms with Crippen LogP contribution in [0.3, 0.4) is 0 Å². The van der Waals surface area contributed by atoms with Gasteiger partial charge in [0.2, 0.25) is 5.91 Å². The maximum absolute atomic E-state index is 12.6. The number of fused-ring (bicyclic) bond motifs is 1. The van der Waals surface area contributed by atoms with Crippen molar-refractivity contribution in [1.29, 1.82) is 0 Å². The summed E-state index contributed by atoms with van der Waals surface area (Å²) in [5.41, 5.74) is 6.43. The van der Waals surface area contributed by atoms with Crippen LogP contribution in [-0.4, -0.2) is 33.2 Å². The largest absolute Gasteiger partial charge is 0.495 e. The second-order valence-corrected chi connectivity index (χ2v) is 7.90. The number of methoxy groups -OCH3 is 1. The molecule has 2 aromatic heterocycles. The van der Waals surface area contributed by atoms with Crippen LogP contribution in [0.1, 0.15) is 31.3 Å². The fourth-order valence-corrected chi connectivity index (χ4v) is 3.18. The molecule has 0 radical (unpaired) electrons. The first-order chi connectivity index (χ1) is 13.2. The molecule has 0 aliphatic heterocycles. The predicted octanol–water partition coefficient (Wildman–Crippen LogP) is 3.18. The number of amides is 1. The summed E-state index contributed by atoms with van der Waals surface area (Å²) in [6.45, 7) is 3.28. The summed E-state index contributed by atoms with van der Waals surface area (Å²) in [6, 6.07) is 8.46. The van der Waals surface area contributed by atoms with Crippen LogP contribution in [0, 0.1) is 0 Å². The Balaban J connectivity index is 2.00. The third-order valence-electron chi connectivity index (χ3n) is 4.25. The van der Waals surface area contributed by atoms with Crippen molar-refractivity contribution < 1.29 is 9.53 Å². The van der Waals surface area contributed by atoms with Crippen molar-refractivity contribution >= 4 is 34.8 Å². The third-order valence-corrected chi connectivity index (χ3v) is 4.77. The van der Waals surface area contributed by atoms with Crippen molar-refractivity contribution in [3.63, 3.8) is 0 Å². The molecule has 28 heavy (non-hydrogen) atoms. The summed E-state index contributed by atoms with van der Waals surface area (Å²) in [7, 11) is 1.55. The minimum Gasteiger partial charge on any atom is -0.495 e. The number of hydrogen-bond acceptors (Lipinski definition) is 5. The molecule has 3 rings (SSSR count). The van der Waals surface area contributed by atoms with Gasteiger partial charge in [-0.1, -0.05) is 29.3 Å². The van der Waals surface area contributed by atoms with Crippen LogP contribution in [0.15, 0.2) is 36.5 Å². The van der Waals surface area contributed by atoms with Gasteiger partial charge in [-0.2, -0.15) is 0 Å². The number of nitrogens with one attached hydrogen (secondary N) is 1. The molecule has 1 atom stereocenters. The Hall–Kier alpha value is -2.35. The molecular formula is C19H21Cl2N5O2. The van der Waals surface area contributed by atoms with E-state index in [1.54, 1.807) is 55.8 Å². The zero-order valence-electron chi connectivity index (χ0n) is 15.7. The van der Waals surface area contributed by atoms with Gasteiger partial charge in [-0.25, -0.2) is 0 Å². The molecule has 0 spiro atoms. The first-order valence-corrected chi connectivity index (χ1v) is 9.37. The van der Waals surface area contributed by atoms with Crippen LogP contribution in [0.25, 0.3) is 5.65 Å². The smallest absolute Gasteiger partial charge is 0.240 e. The highest BCUT2D eigenvalue weighted by Gasteiger charge is 2.28. The van der Waals surface area contributed by atoms with E-state index in [0.717, 1.165) is 5.56 Å². The van der Waals surface area contributed by atoms with Crippen molar-refractivity contribution in [2.75, 3.05) is 7.11 Å². The van der Waals surface area contributed by atoms with Crippen LogP contribution < -0.4 is 15.8 Å². The number of ether oxygens (including phenoxy) is 1. The average Bonchev–Trinajstić information content (AvgIpc) is 3.03. The van der Waals surface area contributed by atoms with E-state index in [1.807, 2.05) is 6.07 Å². The van der Waals surface area contributed by atoms with Crippen molar-refractivity contribution in [3.8, 4) is 5.75 Å². The van der Waals surface area contributed by atoms with E-state index in [9.17, 15) is 4.79 Å². The van der Waals surface area contributed by atoms with E-state index in [0.29, 0.717) is 33.7 Å². The Labute approximate surface area is 172 Å². The maximum Gasteiger partial charge on any atom is 0.240 e. The van der Waals surface area contributed by atoms with Gasteiger partial charge in [-0.3, -0.25) is 9.20 Å². The van der Waals surface area contributed by atoms with Gasteiger partial charge in [0.05, 0.1) is 28.7 Å². The zero-order chi connectivity index (χ0) is 20.5. The summed E-state index contributed by atoms with van der Waals surface area (Å²) in [5.74, 6) is 0.812. The van der Waals surface area contributed by atoms with Crippen LogP contribution in [0.2, 0.25) is 10.0 Å². The van der Waals surface area contributed by atoms with Crippen molar-refractivity contribution in [3.05, 3.63) is 58.0 Å². The quantitative estimate of drug-likeness (QED) is 0.637. The highest BCUT2D eigenvalue weighted by atomic mass is 35.5. The maximum atomic E-state index is 12.6. The fraction of sp³-hybridized carbons (Fsp3) is 0.316. The first-order valence-electron chi connectivity index (χ1n) is 8.61. The lowest BCUT2D eigenvalue weighted by atomic mass is 10.0. The number of nitrogens with two attached hydrogens (primary N) is 1. The monoisotopic (exact) mass is 421 g/mol. The molecule has 0 fully saturated rings. The van der Waals surface area contributed by atoms with E-state index < -0.39 is 11.6 Å². The highest BCUT2D eigenvalue weighted by Crippen LogP contribution is 2.28. The zero-order valence-corrected chi connectivity index (χ0v) is 17.3. The highest BCUT2D eigenvalue weighted by molar-refractivity contribution is 6.32. The van der Waals surface area contributed by atoms with E-state index in [1.165, 1.54) is 0 Å². The number of rotatable bonds is 6. The van der Waals surface area contributed by atoms with Crippen molar-refractivity contribution in [1.82, 2.24) is 19.9 Å². The predicted molar refractivity (Wildman–Crippen MR) is 109 cm³/mol. The van der Waals surface area contributed by atoms with Gasteiger partial charge in [-0.05, 0) is 43.7 Å². The van der Waals surface area contributed by atoms with E-state index in [-0.39, 0.29) is 5.91 Å². The van der Waals surface area contributed by atoms with E-state index in [4.69, 9.17) is 33.7 Å². The molecule has 0 saturated carbocycles. The van der Waals surface area contributed by atoms with Crippen LogP contribution in [-0.2, 0) is 11.2 Å². The number of carbonyl (C=O) groups is 1. The number of halogens is 2. The molecule has 0 aliphatic carbocycles. The molecule has 0 unspecified atom stereocenters. The fourth-order valence-electron chi connectivity index (χ4n) is 2.74. The Kier molecular flexibility index (Phi) is 5.79. The molecule has 3 aromatic rings. The Morgan fingerprint density at radius 2 is 2.04 bits per heavy atom. The lowest BCUT2D eigenvalue weighted by Crippen LogP contribution is -2.50. The number of hydrogen-bond donors (Lipinski definition) is 2. The SMILES string of the molecule is COc1ccc(C[C@@H](NC(=O)C(C)(C)N)c2nnc3ccc(Cl)cn23)cc1Cl. The van der Waals surface area contributed by atoms with Gasteiger partial charge in [0, 0.05) is 12.6 Å². The van der Waals surface area contributed by atoms with Crippen LogP contribution in [0.4, 0.5) is 0 Å². The molecule has 0 aliphatic rings. The third kappa shape index (κ3) is 4.38. The van der Waals surface area contributed by atoms with Crippen molar-refractivity contribution in [2.45, 2.75) is 31.8 Å².